The van der Waals surface area contributed by atoms with E-state index in [-0.39, 0.29) is 4.21 Å². The van der Waals surface area contributed by atoms with E-state index < -0.39 is 10.0 Å². The lowest BCUT2D eigenvalue weighted by molar-refractivity contribution is 0.603. The summed E-state index contributed by atoms with van der Waals surface area (Å²) < 4.78 is 27.8. The average Bonchev–Trinajstić information content (AvgIpc) is 2.83. The number of aromatic nitrogens is 1. The van der Waals surface area contributed by atoms with Crippen molar-refractivity contribution in [1.82, 2.24) is 4.98 Å². The molecule has 5 nitrogen and oxygen atoms in total. The van der Waals surface area contributed by atoms with Gasteiger partial charge in [-0.2, -0.15) is 0 Å². The third-order valence-electron chi connectivity index (χ3n) is 2.36. The van der Waals surface area contributed by atoms with Gasteiger partial charge in [0.1, 0.15) is 10.0 Å². The second kappa shape index (κ2) is 5.58. The molecule has 2 aromatic heterocycles. The number of anilines is 1. The maximum atomic E-state index is 12.1. The Hall–Kier alpha value is -0.960. The van der Waals surface area contributed by atoms with Gasteiger partial charge in [-0.3, -0.25) is 4.72 Å². The van der Waals surface area contributed by atoms with E-state index in [1.807, 2.05) is 0 Å². The Balaban J connectivity index is 2.28. The number of halogens is 1. The molecule has 0 saturated carbocycles. The first kappa shape index (κ1) is 14.4. The van der Waals surface area contributed by atoms with Crippen LogP contribution in [0.5, 0.6) is 0 Å². The Bertz CT molecular complexity index is 698. The van der Waals surface area contributed by atoms with Crippen molar-refractivity contribution in [2.45, 2.75) is 17.7 Å². The van der Waals surface area contributed by atoms with Crippen LogP contribution in [-0.2, 0) is 16.6 Å². The van der Waals surface area contributed by atoms with Gasteiger partial charge in [0, 0.05) is 15.9 Å². The van der Waals surface area contributed by atoms with Crippen LogP contribution in [0.3, 0.4) is 0 Å². The Kier molecular flexibility index (Phi) is 4.24. The van der Waals surface area contributed by atoms with Crippen LogP contribution < -0.4 is 10.5 Å². The summed E-state index contributed by atoms with van der Waals surface area (Å²) in [7, 11) is -3.60. The summed E-state index contributed by atoms with van der Waals surface area (Å²) in [6.07, 6.45) is 0. The maximum absolute atomic E-state index is 12.1. The van der Waals surface area contributed by atoms with Gasteiger partial charge in [-0.15, -0.1) is 11.3 Å². The normalized spacial score (nSPS) is 11.5. The maximum Gasteiger partial charge on any atom is 0.272 e. The van der Waals surface area contributed by atoms with Gasteiger partial charge in [0.15, 0.2) is 0 Å². The minimum Gasteiger partial charge on any atom is -0.326 e. The number of hydrogen-bond acceptors (Lipinski definition) is 5. The first-order chi connectivity index (χ1) is 8.92. The molecule has 0 radical (unpaired) electrons. The van der Waals surface area contributed by atoms with Crippen molar-refractivity contribution in [3.63, 3.8) is 0 Å². The number of nitrogens with zero attached hydrogens (tertiary/aromatic N) is 1. The molecule has 8 heteroatoms. The van der Waals surface area contributed by atoms with Crippen LogP contribution in [0, 0.1) is 6.92 Å². The summed E-state index contributed by atoms with van der Waals surface area (Å²) in [6, 6.07) is 6.60. The summed E-state index contributed by atoms with van der Waals surface area (Å²) in [4.78, 5) is 4.97. The predicted molar refractivity (Wildman–Crippen MR) is 79.7 cm³/mol. The fourth-order valence-electron chi connectivity index (χ4n) is 1.40. The van der Waals surface area contributed by atoms with Gasteiger partial charge >= 0.3 is 0 Å². The fourth-order valence-corrected chi connectivity index (χ4v) is 3.86. The largest absolute Gasteiger partial charge is 0.326 e. The Morgan fingerprint density at radius 1 is 1.37 bits per heavy atom. The van der Waals surface area contributed by atoms with E-state index >= 15 is 0 Å². The lowest BCUT2D eigenvalue weighted by Gasteiger charge is -2.06. The van der Waals surface area contributed by atoms with Crippen LogP contribution in [0.2, 0.25) is 0 Å². The number of thiophene rings is 1. The van der Waals surface area contributed by atoms with Crippen LogP contribution in [0.1, 0.15) is 10.6 Å². The molecule has 0 amide bonds. The van der Waals surface area contributed by atoms with Crippen LogP contribution in [0.15, 0.2) is 32.9 Å². The minimum absolute atomic E-state index is 0.232. The lowest BCUT2D eigenvalue weighted by Crippen LogP contribution is -2.12. The highest BCUT2D eigenvalue weighted by Gasteiger charge is 2.17. The van der Waals surface area contributed by atoms with Crippen molar-refractivity contribution in [1.29, 1.82) is 0 Å². The van der Waals surface area contributed by atoms with E-state index in [0.717, 1.165) is 20.7 Å². The summed E-state index contributed by atoms with van der Waals surface area (Å²) in [5.41, 5.74) is 6.19. The molecule has 0 unspecified atom stereocenters. The third-order valence-corrected chi connectivity index (χ3v) is 6.16. The van der Waals surface area contributed by atoms with Crippen molar-refractivity contribution in [3.05, 3.63) is 39.3 Å². The topological polar surface area (TPSA) is 85.1 Å². The van der Waals surface area contributed by atoms with Gasteiger partial charge in [-0.1, -0.05) is 0 Å². The quantitative estimate of drug-likeness (QED) is 0.875. The molecule has 0 bridgehead atoms. The zero-order valence-corrected chi connectivity index (χ0v) is 13.3. The van der Waals surface area contributed by atoms with Crippen molar-refractivity contribution in [3.8, 4) is 0 Å². The SMILES string of the molecule is Cc1nc(NS(=O)(=O)c2ccc(CN)s2)ccc1Br. The minimum atomic E-state index is -3.60. The zero-order valence-electron chi connectivity index (χ0n) is 10.1. The standard InChI is InChI=1S/C11H12BrN3O2S2/c1-7-9(12)3-4-10(14-7)15-19(16,17)11-5-2-8(6-13)18-11/h2-5H,6,13H2,1H3,(H,14,15). The van der Waals surface area contributed by atoms with Crippen LogP contribution in [0.25, 0.3) is 0 Å². The van der Waals surface area contributed by atoms with E-state index in [0.29, 0.717) is 18.1 Å². The molecule has 2 heterocycles. The molecular formula is C11H12BrN3O2S2. The molecule has 2 rings (SSSR count). The van der Waals surface area contributed by atoms with Gasteiger partial charge in [-0.25, -0.2) is 13.4 Å². The van der Waals surface area contributed by atoms with E-state index in [1.54, 1.807) is 31.2 Å². The molecule has 0 saturated heterocycles. The average molecular weight is 362 g/mol. The molecule has 0 aromatic carbocycles. The molecule has 0 aliphatic carbocycles. The highest BCUT2D eigenvalue weighted by atomic mass is 79.9. The Morgan fingerprint density at radius 2 is 2.11 bits per heavy atom. The zero-order chi connectivity index (χ0) is 14.0. The molecule has 3 N–H and O–H groups in total. The number of nitrogens with one attached hydrogen (secondary N) is 1. The monoisotopic (exact) mass is 361 g/mol. The molecule has 0 fully saturated rings. The van der Waals surface area contributed by atoms with Crippen LogP contribution >= 0.6 is 27.3 Å². The number of hydrogen-bond donors (Lipinski definition) is 2. The molecule has 0 spiro atoms. The number of sulfonamides is 1. The summed E-state index contributed by atoms with van der Waals surface area (Å²) in [5, 5.41) is 0. The van der Waals surface area contributed by atoms with Crippen molar-refractivity contribution in [2.24, 2.45) is 5.73 Å². The molecule has 0 aliphatic heterocycles. The number of rotatable bonds is 4. The van der Waals surface area contributed by atoms with Crippen LogP contribution in [-0.4, -0.2) is 13.4 Å². The van der Waals surface area contributed by atoms with Gasteiger partial charge in [0.2, 0.25) is 0 Å². The highest BCUT2D eigenvalue weighted by molar-refractivity contribution is 9.10. The van der Waals surface area contributed by atoms with E-state index in [2.05, 4.69) is 25.6 Å². The molecule has 0 aliphatic rings. The van der Waals surface area contributed by atoms with Crippen molar-refractivity contribution in [2.75, 3.05) is 4.72 Å². The van der Waals surface area contributed by atoms with Gasteiger partial charge in [0.05, 0.1) is 5.69 Å². The van der Waals surface area contributed by atoms with Gasteiger partial charge in [0.25, 0.3) is 10.0 Å². The Morgan fingerprint density at radius 3 is 2.68 bits per heavy atom. The second-order valence-electron chi connectivity index (χ2n) is 3.79. The molecule has 102 valence electrons. The molecular weight excluding hydrogens is 350 g/mol. The van der Waals surface area contributed by atoms with E-state index in [1.165, 1.54) is 0 Å². The van der Waals surface area contributed by atoms with Crippen molar-refractivity contribution < 1.29 is 8.42 Å². The first-order valence-corrected chi connectivity index (χ1v) is 8.46. The smallest absolute Gasteiger partial charge is 0.272 e. The number of nitrogens with two attached hydrogens (primary N) is 1. The number of aryl methyl sites for hydroxylation is 1. The molecule has 0 atom stereocenters. The van der Waals surface area contributed by atoms with Crippen molar-refractivity contribution >= 4 is 43.1 Å². The van der Waals surface area contributed by atoms with Gasteiger partial charge in [-0.05, 0) is 47.1 Å². The second-order valence-corrected chi connectivity index (χ2v) is 7.73. The van der Waals surface area contributed by atoms with E-state index in [9.17, 15) is 8.42 Å². The van der Waals surface area contributed by atoms with E-state index in [4.69, 9.17) is 5.73 Å². The third kappa shape index (κ3) is 3.33. The van der Waals surface area contributed by atoms with Gasteiger partial charge < -0.3 is 5.73 Å². The summed E-state index contributed by atoms with van der Waals surface area (Å²) in [5.74, 6) is 0.295. The first-order valence-electron chi connectivity index (χ1n) is 5.37. The Labute approximate surface area is 124 Å². The fraction of sp³-hybridized carbons (Fsp3) is 0.182. The lowest BCUT2D eigenvalue weighted by atomic mass is 10.4. The molecule has 2 aromatic rings. The summed E-state index contributed by atoms with van der Waals surface area (Å²) in [6.45, 7) is 2.12. The summed E-state index contributed by atoms with van der Waals surface area (Å²) >= 11 is 4.47. The predicted octanol–water partition coefficient (Wildman–Crippen LogP) is 2.47. The highest BCUT2D eigenvalue weighted by Crippen LogP contribution is 2.24. The van der Waals surface area contributed by atoms with Crippen LogP contribution in [0.4, 0.5) is 5.82 Å². The molecule has 19 heavy (non-hydrogen) atoms. The number of pyridine rings is 1.